The number of amides is 1. The van der Waals surface area contributed by atoms with E-state index in [2.05, 4.69) is 10.3 Å². The summed E-state index contributed by atoms with van der Waals surface area (Å²) in [6.07, 6.45) is 3.83. The van der Waals surface area contributed by atoms with E-state index in [-0.39, 0.29) is 18.1 Å². The normalized spacial score (nSPS) is 10.8. The molecule has 0 fully saturated rings. The number of nitrogens with zero attached hydrogens (tertiary/aromatic N) is 2. The van der Waals surface area contributed by atoms with Gasteiger partial charge in [-0.1, -0.05) is 12.1 Å². The van der Waals surface area contributed by atoms with Crippen molar-refractivity contribution in [2.45, 2.75) is 13.3 Å². The lowest BCUT2D eigenvalue weighted by Gasteiger charge is -2.06. The monoisotopic (exact) mass is 283 g/mol. The average molecular weight is 283 g/mol. The third-order valence-corrected chi connectivity index (χ3v) is 3.11. The van der Waals surface area contributed by atoms with Crippen molar-refractivity contribution in [3.8, 4) is 0 Å². The molecule has 3 rings (SSSR count). The number of nitrogens with one attached hydrogen (secondary N) is 1. The van der Waals surface area contributed by atoms with Crippen molar-refractivity contribution in [3.05, 3.63) is 65.9 Å². The number of benzene rings is 1. The Kier molecular flexibility index (Phi) is 3.39. The van der Waals surface area contributed by atoms with Gasteiger partial charge < -0.3 is 9.72 Å². The number of aromatic nitrogens is 2. The van der Waals surface area contributed by atoms with Gasteiger partial charge in [0.25, 0.3) is 0 Å². The van der Waals surface area contributed by atoms with Gasteiger partial charge in [0.05, 0.1) is 17.8 Å². The fraction of sp³-hybridized carbons (Fsp3) is 0.125. The molecule has 3 aromatic rings. The largest absolute Gasteiger partial charge is 0.324 e. The highest BCUT2D eigenvalue weighted by atomic mass is 19.1. The maximum absolute atomic E-state index is 13.1. The van der Waals surface area contributed by atoms with Gasteiger partial charge in [-0.3, -0.25) is 4.79 Å². The minimum Gasteiger partial charge on any atom is -0.324 e. The number of imidazole rings is 1. The Bertz CT molecular complexity index is 810. The number of fused-ring (bicyclic) bond motifs is 1. The molecule has 106 valence electrons. The summed E-state index contributed by atoms with van der Waals surface area (Å²) in [6.45, 7) is 1.91. The Morgan fingerprint density at radius 2 is 2.14 bits per heavy atom. The molecular weight excluding hydrogens is 269 g/mol. The summed E-state index contributed by atoms with van der Waals surface area (Å²) in [6, 6.07) is 9.68. The molecule has 1 amide bonds. The van der Waals surface area contributed by atoms with Crippen LogP contribution in [0.25, 0.3) is 5.65 Å². The lowest BCUT2D eigenvalue weighted by atomic mass is 10.1. The van der Waals surface area contributed by atoms with Crippen LogP contribution in [0.15, 0.2) is 48.8 Å². The van der Waals surface area contributed by atoms with Gasteiger partial charge in [0.2, 0.25) is 5.91 Å². The lowest BCUT2D eigenvalue weighted by Crippen LogP contribution is -2.14. The summed E-state index contributed by atoms with van der Waals surface area (Å²) in [4.78, 5) is 16.3. The Balaban J connectivity index is 1.73. The minimum atomic E-state index is -0.337. The average Bonchev–Trinajstić information content (AvgIpc) is 2.78. The number of carbonyl (C=O) groups excluding carboxylic acids is 1. The van der Waals surface area contributed by atoms with Gasteiger partial charge in [-0.25, -0.2) is 9.37 Å². The molecule has 4 nitrogen and oxygen atoms in total. The van der Waals surface area contributed by atoms with Crippen molar-refractivity contribution in [1.82, 2.24) is 9.38 Å². The lowest BCUT2D eigenvalue weighted by molar-refractivity contribution is -0.115. The highest BCUT2D eigenvalue weighted by Gasteiger charge is 2.06. The second-order valence-electron chi connectivity index (χ2n) is 4.92. The van der Waals surface area contributed by atoms with E-state index >= 15 is 0 Å². The Morgan fingerprint density at radius 3 is 2.95 bits per heavy atom. The number of hydrogen-bond acceptors (Lipinski definition) is 2. The van der Waals surface area contributed by atoms with Crippen LogP contribution >= 0.6 is 0 Å². The summed E-state index contributed by atoms with van der Waals surface area (Å²) >= 11 is 0. The zero-order valence-corrected chi connectivity index (χ0v) is 11.5. The third-order valence-electron chi connectivity index (χ3n) is 3.11. The van der Waals surface area contributed by atoms with E-state index in [0.717, 1.165) is 11.3 Å². The van der Waals surface area contributed by atoms with Gasteiger partial charge >= 0.3 is 0 Å². The van der Waals surface area contributed by atoms with Crippen LogP contribution in [-0.4, -0.2) is 15.3 Å². The van der Waals surface area contributed by atoms with Crippen molar-refractivity contribution in [2.24, 2.45) is 0 Å². The molecule has 0 saturated carbocycles. The Labute approximate surface area is 121 Å². The number of rotatable bonds is 3. The van der Waals surface area contributed by atoms with Gasteiger partial charge in [0, 0.05) is 12.4 Å². The van der Waals surface area contributed by atoms with E-state index in [4.69, 9.17) is 0 Å². The first-order chi connectivity index (χ1) is 10.1. The van der Waals surface area contributed by atoms with Crippen LogP contribution in [0.1, 0.15) is 11.3 Å². The fourth-order valence-electron chi connectivity index (χ4n) is 2.23. The number of hydrogen-bond donors (Lipinski definition) is 1. The molecule has 2 heterocycles. The van der Waals surface area contributed by atoms with Gasteiger partial charge in [-0.15, -0.1) is 0 Å². The minimum absolute atomic E-state index is 0.138. The fourth-order valence-corrected chi connectivity index (χ4v) is 2.23. The SMILES string of the molecule is Cc1cn2cc(NC(=O)Cc3cccc(F)c3)ccc2n1. The van der Waals surface area contributed by atoms with Crippen LogP contribution in [0.5, 0.6) is 0 Å². The van der Waals surface area contributed by atoms with Crippen molar-refractivity contribution in [1.29, 1.82) is 0 Å². The smallest absolute Gasteiger partial charge is 0.228 e. The number of pyridine rings is 1. The molecule has 0 saturated heterocycles. The van der Waals surface area contributed by atoms with Gasteiger partial charge in [0.15, 0.2) is 0 Å². The van der Waals surface area contributed by atoms with Crippen LogP contribution in [0.4, 0.5) is 10.1 Å². The topological polar surface area (TPSA) is 46.4 Å². The van der Waals surface area contributed by atoms with E-state index in [0.29, 0.717) is 11.3 Å². The first-order valence-corrected chi connectivity index (χ1v) is 6.60. The second kappa shape index (κ2) is 5.36. The zero-order valence-electron chi connectivity index (χ0n) is 11.5. The van der Waals surface area contributed by atoms with Crippen molar-refractivity contribution < 1.29 is 9.18 Å². The molecule has 5 heteroatoms. The molecule has 0 unspecified atom stereocenters. The first kappa shape index (κ1) is 13.3. The van der Waals surface area contributed by atoms with Gasteiger partial charge in [-0.2, -0.15) is 0 Å². The van der Waals surface area contributed by atoms with Gasteiger partial charge in [0.1, 0.15) is 11.5 Å². The predicted molar refractivity (Wildman–Crippen MR) is 78.7 cm³/mol. The van der Waals surface area contributed by atoms with Crippen molar-refractivity contribution >= 4 is 17.2 Å². The molecule has 0 aliphatic heterocycles. The predicted octanol–water partition coefficient (Wildman–Crippen LogP) is 2.96. The molecule has 2 aromatic heterocycles. The molecule has 0 spiro atoms. The van der Waals surface area contributed by atoms with Crippen LogP contribution in [-0.2, 0) is 11.2 Å². The maximum Gasteiger partial charge on any atom is 0.228 e. The Hall–Kier alpha value is -2.69. The maximum atomic E-state index is 13.1. The molecule has 0 bridgehead atoms. The Morgan fingerprint density at radius 1 is 1.29 bits per heavy atom. The molecule has 0 radical (unpaired) electrons. The van der Waals surface area contributed by atoms with Crippen molar-refractivity contribution in [3.63, 3.8) is 0 Å². The first-order valence-electron chi connectivity index (χ1n) is 6.60. The van der Waals surface area contributed by atoms with E-state index in [1.165, 1.54) is 12.1 Å². The molecule has 0 aliphatic rings. The molecule has 0 atom stereocenters. The molecule has 1 N–H and O–H groups in total. The molecular formula is C16H14FN3O. The van der Waals surface area contributed by atoms with E-state index in [9.17, 15) is 9.18 Å². The summed E-state index contributed by atoms with van der Waals surface area (Å²) in [5, 5.41) is 2.80. The number of carbonyl (C=O) groups is 1. The second-order valence-corrected chi connectivity index (χ2v) is 4.92. The van der Waals surface area contributed by atoms with E-state index < -0.39 is 0 Å². The van der Waals surface area contributed by atoms with Crippen LogP contribution in [0.3, 0.4) is 0 Å². The molecule has 21 heavy (non-hydrogen) atoms. The summed E-state index contributed by atoms with van der Waals surface area (Å²) < 4.78 is 14.9. The summed E-state index contributed by atoms with van der Waals surface area (Å²) in [5.74, 6) is -0.521. The number of halogens is 1. The standard InChI is InChI=1S/C16H14FN3O/c1-11-9-20-10-14(5-6-15(20)18-11)19-16(21)8-12-3-2-4-13(17)7-12/h2-7,9-10H,8H2,1H3,(H,19,21). The van der Waals surface area contributed by atoms with Crippen LogP contribution < -0.4 is 5.32 Å². The summed E-state index contributed by atoms with van der Waals surface area (Å²) in [7, 11) is 0. The summed E-state index contributed by atoms with van der Waals surface area (Å²) in [5.41, 5.74) is 3.07. The van der Waals surface area contributed by atoms with Gasteiger partial charge in [-0.05, 0) is 36.8 Å². The van der Waals surface area contributed by atoms with Crippen molar-refractivity contribution in [2.75, 3.05) is 5.32 Å². The molecule has 1 aromatic carbocycles. The highest BCUT2D eigenvalue weighted by molar-refractivity contribution is 5.92. The zero-order chi connectivity index (χ0) is 14.8. The quantitative estimate of drug-likeness (QED) is 0.803. The third kappa shape index (κ3) is 3.08. The highest BCUT2D eigenvalue weighted by Crippen LogP contribution is 2.12. The van der Waals surface area contributed by atoms with Crippen LogP contribution in [0.2, 0.25) is 0 Å². The number of aryl methyl sites for hydroxylation is 1. The van der Waals surface area contributed by atoms with E-state index in [1.54, 1.807) is 24.4 Å². The number of anilines is 1. The van der Waals surface area contributed by atoms with Crippen LogP contribution in [0, 0.1) is 12.7 Å². The van der Waals surface area contributed by atoms with E-state index in [1.807, 2.05) is 23.6 Å². The molecule has 0 aliphatic carbocycles.